The molecule has 18 heavy (non-hydrogen) atoms. The minimum atomic E-state index is -4.07. The van der Waals surface area contributed by atoms with Gasteiger partial charge in [0.1, 0.15) is 0 Å². The monoisotopic (exact) mass is 264 g/mol. The van der Waals surface area contributed by atoms with Crippen LogP contribution in [-0.2, 0) is 0 Å². The molecule has 2 unspecified atom stereocenters. The summed E-state index contributed by atoms with van der Waals surface area (Å²) in [6.07, 6.45) is 0.678. The third-order valence-corrected chi connectivity index (χ3v) is 3.33. The van der Waals surface area contributed by atoms with Crippen molar-refractivity contribution in [2.75, 3.05) is 26.2 Å². The third-order valence-electron chi connectivity index (χ3n) is 3.33. The molecule has 106 valence electrons. The molecule has 0 bridgehead atoms. The van der Waals surface area contributed by atoms with Crippen LogP contribution in [0.2, 0.25) is 0 Å². The Morgan fingerprint density at radius 3 is 2.83 bits per heavy atom. The Balaban J connectivity index is 2.16. The lowest BCUT2D eigenvalue weighted by Gasteiger charge is -2.19. The molecule has 0 aliphatic carbocycles. The van der Waals surface area contributed by atoms with Crippen LogP contribution in [0.15, 0.2) is 12.7 Å². The summed E-state index contributed by atoms with van der Waals surface area (Å²) in [6.45, 7) is 6.94. The molecule has 2 nitrogen and oxygen atoms in total. The van der Waals surface area contributed by atoms with Crippen LogP contribution in [0.3, 0.4) is 0 Å². The van der Waals surface area contributed by atoms with Crippen LogP contribution in [0.1, 0.15) is 26.2 Å². The Kier molecular flexibility index (Phi) is 6.15. The van der Waals surface area contributed by atoms with Crippen molar-refractivity contribution in [3.63, 3.8) is 0 Å². The number of hydrogen-bond acceptors (Lipinski definition) is 2. The first kappa shape index (κ1) is 15.5. The van der Waals surface area contributed by atoms with Crippen molar-refractivity contribution < 1.29 is 13.2 Å². The highest BCUT2D eigenvalue weighted by atomic mass is 19.4. The highest BCUT2D eigenvalue weighted by Crippen LogP contribution is 2.22. The summed E-state index contributed by atoms with van der Waals surface area (Å²) in [5.41, 5.74) is 0. The zero-order valence-corrected chi connectivity index (χ0v) is 11.0. The minimum Gasteiger partial charge on any atom is -0.314 e. The van der Waals surface area contributed by atoms with Gasteiger partial charge in [0, 0.05) is 12.6 Å². The van der Waals surface area contributed by atoms with Gasteiger partial charge in [0.25, 0.3) is 0 Å². The first-order valence-corrected chi connectivity index (χ1v) is 6.54. The molecule has 1 heterocycles. The van der Waals surface area contributed by atoms with E-state index < -0.39 is 12.7 Å². The first-order chi connectivity index (χ1) is 8.40. The molecular formula is C13H23F3N2. The maximum Gasteiger partial charge on any atom is 0.401 e. The van der Waals surface area contributed by atoms with Crippen LogP contribution in [-0.4, -0.2) is 43.3 Å². The van der Waals surface area contributed by atoms with Gasteiger partial charge in [-0.15, -0.1) is 6.58 Å². The SMILES string of the molecule is C=CCCC(C)NCC1CCN(CC(F)(F)F)C1. The summed E-state index contributed by atoms with van der Waals surface area (Å²) in [4.78, 5) is 1.50. The Morgan fingerprint density at radius 2 is 2.22 bits per heavy atom. The summed E-state index contributed by atoms with van der Waals surface area (Å²) < 4.78 is 36.7. The number of alkyl halides is 3. The van der Waals surface area contributed by atoms with Crippen molar-refractivity contribution in [1.29, 1.82) is 0 Å². The summed E-state index contributed by atoms with van der Waals surface area (Å²) in [6, 6.07) is 0.402. The van der Waals surface area contributed by atoms with Gasteiger partial charge in [-0.3, -0.25) is 4.90 Å². The summed E-state index contributed by atoms with van der Waals surface area (Å²) >= 11 is 0. The number of likely N-dealkylation sites (tertiary alicyclic amines) is 1. The Hall–Kier alpha value is -0.550. The average molecular weight is 264 g/mol. The molecule has 0 spiro atoms. The standard InChI is InChI=1S/C13H23F3N2/c1-3-4-5-11(2)17-8-12-6-7-18(9-12)10-13(14,15)16/h3,11-12,17H,1,4-10H2,2H3. The van der Waals surface area contributed by atoms with Gasteiger partial charge < -0.3 is 5.32 Å². The first-order valence-electron chi connectivity index (χ1n) is 6.54. The zero-order chi connectivity index (χ0) is 13.6. The van der Waals surface area contributed by atoms with Gasteiger partial charge in [0.05, 0.1) is 6.54 Å². The molecule has 1 rings (SSSR count). The fourth-order valence-corrected chi connectivity index (χ4v) is 2.31. The lowest BCUT2D eigenvalue weighted by molar-refractivity contribution is -0.143. The van der Waals surface area contributed by atoms with Gasteiger partial charge in [-0.25, -0.2) is 0 Å². The largest absolute Gasteiger partial charge is 0.401 e. The predicted molar refractivity (Wildman–Crippen MR) is 67.5 cm³/mol. The smallest absolute Gasteiger partial charge is 0.314 e. The van der Waals surface area contributed by atoms with Gasteiger partial charge >= 0.3 is 6.18 Å². The summed E-state index contributed by atoms with van der Waals surface area (Å²) in [5.74, 6) is 0.346. The van der Waals surface area contributed by atoms with Gasteiger partial charge in [-0.2, -0.15) is 13.2 Å². The molecule has 1 saturated heterocycles. The molecule has 2 atom stereocenters. The van der Waals surface area contributed by atoms with E-state index in [9.17, 15) is 13.2 Å². The molecule has 0 radical (unpaired) electrons. The number of nitrogens with one attached hydrogen (secondary N) is 1. The number of rotatable bonds is 7. The molecule has 0 aromatic heterocycles. The van der Waals surface area contributed by atoms with Crippen molar-refractivity contribution in [1.82, 2.24) is 10.2 Å². The number of halogens is 3. The van der Waals surface area contributed by atoms with Crippen molar-refractivity contribution in [2.24, 2.45) is 5.92 Å². The van der Waals surface area contributed by atoms with Crippen molar-refractivity contribution in [3.8, 4) is 0 Å². The van der Waals surface area contributed by atoms with E-state index in [0.717, 1.165) is 25.8 Å². The molecular weight excluding hydrogens is 241 g/mol. The van der Waals surface area contributed by atoms with E-state index in [0.29, 0.717) is 25.0 Å². The van der Waals surface area contributed by atoms with E-state index in [1.807, 2.05) is 6.08 Å². The van der Waals surface area contributed by atoms with Crippen molar-refractivity contribution in [3.05, 3.63) is 12.7 Å². The third kappa shape index (κ3) is 6.40. The number of allylic oxidation sites excluding steroid dienone is 1. The van der Waals surface area contributed by atoms with E-state index in [-0.39, 0.29) is 0 Å². The van der Waals surface area contributed by atoms with Gasteiger partial charge in [-0.05, 0) is 45.2 Å². The van der Waals surface area contributed by atoms with E-state index in [2.05, 4.69) is 18.8 Å². The maximum atomic E-state index is 12.2. The van der Waals surface area contributed by atoms with Gasteiger partial charge in [-0.1, -0.05) is 6.08 Å². The van der Waals surface area contributed by atoms with Crippen molar-refractivity contribution >= 4 is 0 Å². The summed E-state index contributed by atoms with van der Waals surface area (Å²) in [5, 5.41) is 3.39. The normalized spacial score (nSPS) is 23.2. The van der Waals surface area contributed by atoms with Gasteiger partial charge in [0.2, 0.25) is 0 Å². The predicted octanol–water partition coefficient (Wildman–Crippen LogP) is 2.81. The topological polar surface area (TPSA) is 15.3 Å². The molecule has 0 aromatic carbocycles. The van der Waals surface area contributed by atoms with E-state index >= 15 is 0 Å². The maximum absolute atomic E-state index is 12.2. The second kappa shape index (κ2) is 7.14. The number of nitrogens with zero attached hydrogens (tertiary/aromatic N) is 1. The molecule has 5 heteroatoms. The molecule has 0 amide bonds. The average Bonchev–Trinajstić information content (AvgIpc) is 2.68. The van der Waals surface area contributed by atoms with Crippen LogP contribution < -0.4 is 5.32 Å². The van der Waals surface area contributed by atoms with Gasteiger partial charge in [0.15, 0.2) is 0 Å². The Labute approximate surface area is 107 Å². The van der Waals surface area contributed by atoms with Crippen LogP contribution in [0.4, 0.5) is 13.2 Å². The fraction of sp³-hybridized carbons (Fsp3) is 0.846. The van der Waals surface area contributed by atoms with Crippen LogP contribution in [0.5, 0.6) is 0 Å². The van der Waals surface area contributed by atoms with Crippen LogP contribution in [0, 0.1) is 5.92 Å². The van der Waals surface area contributed by atoms with Crippen LogP contribution in [0.25, 0.3) is 0 Å². The molecule has 0 saturated carbocycles. The summed E-state index contributed by atoms with van der Waals surface area (Å²) in [7, 11) is 0. The minimum absolute atomic E-state index is 0.346. The molecule has 1 fully saturated rings. The molecule has 0 aromatic rings. The van der Waals surface area contributed by atoms with Crippen LogP contribution >= 0.6 is 0 Å². The Bertz CT molecular complexity index is 253. The lowest BCUT2D eigenvalue weighted by Crippen LogP contribution is -2.35. The molecule has 1 aliphatic heterocycles. The van der Waals surface area contributed by atoms with E-state index in [1.54, 1.807) is 0 Å². The highest BCUT2D eigenvalue weighted by Gasteiger charge is 2.34. The van der Waals surface area contributed by atoms with E-state index in [1.165, 1.54) is 4.90 Å². The Morgan fingerprint density at radius 1 is 1.50 bits per heavy atom. The second-order valence-electron chi connectivity index (χ2n) is 5.18. The molecule has 1 aliphatic rings. The number of hydrogen-bond donors (Lipinski definition) is 1. The quantitative estimate of drug-likeness (QED) is 0.711. The molecule has 1 N–H and O–H groups in total. The lowest BCUT2D eigenvalue weighted by atomic mass is 10.1. The fourth-order valence-electron chi connectivity index (χ4n) is 2.31. The van der Waals surface area contributed by atoms with Crippen molar-refractivity contribution in [2.45, 2.75) is 38.4 Å². The second-order valence-corrected chi connectivity index (χ2v) is 5.18. The highest BCUT2D eigenvalue weighted by molar-refractivity contribution is 4.80. The zero-order valence-electron chi connectivity index (χ0n) is 11.0. The van der Waals surface area contributed by atoms with E-state index in [4.69, 9.17) is 0 Å².